The van der Waals surface area contributed by atoms with Crippen LogP contribution in [0.3, 0.4) is 0 Å². The maximum absolute atomic E-state index is 11.8. The zero-order chi connectivity index (χ0) is 11.4. The van der Waals surface area contributed by atoms with Crippen LogP contribution in [0.25, 0.3) is 0 Å². The summed E-state index contributed by atoms with van der Waals surface area (Å²) < 4.78 is 0. The van der Waals surface area contributed by atoms with E-state index in [1.165, 1.54) is 0 Å². The number of hydrogen-bond acceptors (Lipinski definition) is 2. The van der Waals surface area contributed by atoms with Gasteiger partial charge in [-0.05, 0) is 11.8 Å². The Balaban J connectivity index is 2.51. The van der Waals surface area contributed by atoms with E-state index in [0.717, 1.165) is 25.9 Å². The van der Waals surface area contributed by atoms with E-state index < -0.39 is 0 Å². The van der Waals surface area contributed by atoms with Gasteiger partial charge in [-0.1, -0.05) is 33.6 Å². The second-order valence-electron chi connectivity index (χ2n) is 4.83. The zero-order valence-corrected chi connectivity index (χ0v) is 10.2. The first kappa shape index (κ1) is 12.5. The Kier molecular flexibility index (Phi) is 4.58. The van der Waals surface area contributed by atoms with Crippen molar-refractivity contribution in [2.24, 2.45) is 17.6 Å². The van der Waals surface area contributed by atoms with Crippen molar-refractivity contribution in [2.75, 3.05) is 13.1 Å². The summed E-state index contributed by atoms with van der Waals surface area (Å²) in [5.74, 6) is 1.26. The Morgan fingerprint density at radius 1 is 1.47 bits per heavy atom. The van der Waals surface area contributed by atoms with Gasteiger partial charge in [0.05, 0.1) is 0 Å². The number of carbonyl (C=O) groups is 1. The highest BCUT2D eigenvalue weighted by Gasteiger charge is 2.29. The van der Waals surface area contributed by atoms with Crippen molar-refractivity contribution in [3.8, 4) is 0 Å². The second-order valence-corrected chi connectivity index (χ2v) is 4.83. The van der Waals surface area contributed by atoms with E-state index in [-0.39, 0.29) is 11.9 Å². The molecule has 1 saturated heterocycles. The molecule has 2 atom stereocenters. The van der Waals surface area contributed by atoms with Crippen molar-refractivity contribution >= 4 is 5.91 Å². The number of hydrogen-bond donors (Lipinski definition) is 1. The van der Waals surface area contributed by atoms with Crippen molar-refractivity contribution < 1.29 is 4.79 Å². The minimum Gasteiger partial charge on any atom is -0.341 e. The molecule has 3 heteroatoms. The van der Waals surface area contributed by atoms with Crippen LogP contribution < -0.4 is 5.73 Å². The van der Waals surface area contributed by atoms with Gasteiger partial charge >= 0.3 is 0 Å². The van der Waals surface area contributed by atoms with Crippen LogP contribution in [0.5, 0.6) is 0 Å². The lowest BCUT2D eigenvalue weighted by Crippen LogP contribution is -2.51. The van der Waals surface area contributed by atoms with Crippen LogP contribution in [0, 0.1) is 11.8 Å². The van der Waals surface area contributed by atoms with Crippen LogP contribution in [-0.2, 0) is 4.79 Å². The molecule has 1 rings (SSSR count). The molecule has 0 spiro atoms. The van der Waals surface area contributed by atoms with Gasteiger partial charge < -0.3 is 10.6 Å². The van der Waals surface area contributed by atoms with Crippen LogP contribution in [0.2, 0.25) is 0 Å². The van der Waals surface area contributed by atoms with Crippen LogP contribution >= 0.6 is 0 Å². The Bertz CT molecular complexity index is 214. The Hall–Kier alpha value is -0.570. The summed E-state index contributed by atoms with van der Waals surface area (Å²) in [4.78, 5) is 13.7. The SMILES string of the molecule is CCC(CC)CN1CC(N)C(C)CC1=O. The van der Waals surface area contributed by atoms with Crippen molar-refractivity contribution in [3.05, 3.63) is 0 Å². The highest BCUT2D eigenvalue weighted by Crippen LogP contribution is 2.19. The molecule has 0 aliphatic carbocycles. The molecule has 1 aliphatic rings. The van der Waals surface area contributed by atoms with Gasteiger partial charge in [-0.3, -0.25) is 4.79 Å². The van der Waals surface area contributed by atoms with Gasteiger partial charge in [0.1, 0.15) is 0 Å². The van der Waals surface area contributed by atoms with Gasteiger partial charge in [-0.15, -0.1) is 0 Å². The maximum Gasteiger partial charge on any atom is 0.222 e. The fraction of sp³-hybridized carbons (Fsp3) is 0.917. The van der Waals surface area contributed by atoms with Gasteiger partial charge in [0.15, 0.2) is 0 Å². The Labute approximate surface area is 93.0 Å². The summed E-state index contributed by atoms with van der Waals surface area (Å²) in [5, 5.41) is 0. The Morgan fingerprint density at radius 3 is 2.60 bits per heavy atom. The van der Waals surface area contributed by atoms with E-state index in [1.54, 1.807) is 0 Å². The minimum atomic E-state index is 0.164. The lowest BCUT2D eigenvalue weighted by molar-refractivity contribution is -0.136. The average Bonchev–Trinajstić information content (AvgIpc) is 2.21. The van der Waals surface area contributed by atoms with Gasteiger partial charge in [0.2, 0.25) is 5.91 Å². The first-order valence-corrected chi connectivity index (χ1v) is 6.11. The summed E-state index contributed by atoms with van der Waals surface area (Å²) in [7, 11) is 0. The largest absolute Gasteiger partial charge is 0.341 e. The second kappa shape index (κ2) is 5.50. The van der Waals surface area contributed by atoms with E-state index in [9.17, 15) is 4.79 Å². The summed E-state index contributed by atoms with van der Waals surface area (Å²) >= 11 is 0. The molecule has 3 nitrogen and oxygen atoms in total. The van der Waals surface area contributed by atoms with Gasteiger partial charge in [-0.25, -0.2) is 0 Å². The monoisotopic (exact) mass is 212 g/mol. The van der Waals surface area contributed by atoms with Gasteiger partial charge in [-0.2, -0.15) is 0 Å². The molecular formula is C12H24N2O. The molecule has 1 heterocycles. The lowest BCUT2D eigenvalue weighted by atomic mass is 9.92. The van der Waals surface area contributed by atoms with E-state index in [0.29, 0.717) is 18.3 Å². The molecule has 0 radical (unpaired) electrons. The van der Waals surface area contributed by atoms with Crippen LogP contribution in [0.15, 0.2) is 0 Å². The number of nitrogens with zero attached hydrogens (tertiary/aromatic N) is 1. The third-order valence-corrected chi connectivity index (χ3v) is 3.64. The fourth-order valence-corrected chi connectivity index (χ4v) is 2.13. The van der Waals surface area contributed by atoms with E-state index >= 15 is 0 Å². The molecule has 1 fully saturated rings. The van der Waals surface area contributed by atoms with Crippen LogP contribution in [0.4, 0.5) is 0 Å². The molecular weight excluding hydrogens is 188 g/mol. The fourth-order valence-electron chi connectivity index (χ4n) is 2.13. The molecule has 88 valence electrons. The van der Waals surface area contributed by atoms with Crippen molar-refractivity contribution in [1.82, 2.24) is 4.90 Å². The van der Waals surface area contributed by atoms with E-state index in [1.807, 2.05) is 4.90 Å². The molecule has 0 aromatic heterocycles. The Morgan fingerprint density at radius 2 is 2.07 bits per heavy atom. The molecule has 1 aliphatic heterocycles. The number of amides is 1. The van der Waals surface area contributed by atoms with Gasteiger partial charge in [0, 0.05) is 25.6 Å². The number of nitrogens with two attached hydrogens (primary N) is 1. The first-order chi connectivity index (χ1) is 7.08. The topological polar surface area (TPSA) is 46.3 Å². The van der Waals surface area contributed by atoms with E-state index in [2.05, 4.69) is 20.8 Å². The maximum atomic E-state index is 11.8. The van der Waals surface area contributed by atoms with Gasteiger partial charge in [0.25, 0.3) is 0 Å². The summed E-state index contributed by atoms with van der Waals surface area (Å²) in [5.41, 5.74) is 6.00. The highest BCUT2D eigenvalue weighted by atomic mass is 16.2. The molecule has 2 N–H and O–H groups in total. The first-order valence-electron chi connectivity index (χ1n) is 6.11. The molecule has 1 amide bonds. The predicted octanol–water partition coefficient (Wildman–Crippen LogP) is 1.62. The number of likely N-dealkylation sites (tertiary alicyclic amines) is 1. The zero-order valence-electron chi connectivity index (χ0n) is 10.2. The number of rotatable bonds is 4. The molecule has 15 heavy (non-hydrogen) atoms. The summed E-state index contributed by atoms with van der Waals surface area (Å²) in [6, 6.07) is 0.164. The number of carbonyl (C=O) groups excluding carboxylic acids is 1. The van der Waals surface area contributed by atoms with Crippen molar-refractivity contribution in [3.63, 3.8) is 0 Å². The molecule has 0 aromatic carbocycles. The van der Waals surface area contributed by atoms with Crippen molar-refractivity contribution in [2.45, 2.75) is 46.1 Å². The normalized spacial score (nSPS) is 27.5. The third-order valence-electron chi connectivity index (χ3n) is 3.64. The van der Waals surface area contributed by atoms with Crippen LogP contribution in [-0.4, -0.2) is 29.9 Å². The smallest absolute Gasteiger partial charge is 0.222 e. The quantitative estimate of drug-likeness (QED) is 0.769. The highest BCUT2D eigenvalue weighted by molar-refractivity contribution is 5.77. The van der Waals surface area contributed by atoms with E-state index in [4.69, 9.17) is 5.73 Å². The minimum absolute atomic E-state index is 0.164. The molecule has 0 aromatic rings. The average molecular weight is 212 g/mol. The molecule has 0 bridgehead atoms. The lowest BCUT2D eigenvalue weighted by Gasteiger charge is -2.36. The summed E-state index contributed by atoms with van der Waals surface area (Å²) in [6.45, 7) is 8.08. The third kappa shape index (κ3) is 3.20. The summed E-state index contributed by atoms with van der Waals surface area (Å²) in [6.07, 6.45) is 2.91. The number of piperidine rings is 1. The molecule has 0 saturated carbocycles. The predicted molar refractivity (Wildman–Crippen MR) is 62.4 cm³/mol. The van der Waals surface area contributed by atoms with Crippen LogP contribution in [0.1, 0.15) is 40.0 Å². The standard InChI is InChI=1S/C12H24N2O/c1-4-10(5-2)7-14-8-11(13)9(3)6-12(14)15/h9-11H,4-8,13H2,1-3H3. The van der Waals surface area contributed by atoms with Crippen molar-refractivity contribution in [1.29, 1.82) is 0 Å². The molecule has 2 unspecified atom stereocenters.